The second-order valence-electron chi connectivity index (χ2n) is 13.7. The molecule has 0 amide bonds. The van der Waals surface area contributed by atoms with Gasteiger partial charge in [0.25, 0.3) is 0 Å². The minimum atomic E-state index is -2.06. The average Bonchev–Trinajstić information content (AvgIpc) is 2.93. The average molecular weight is 581 g/mol. The predicted octanol–water partition coefficient (Wildman–Crippen LogP) is 8.24. The minimum Gasteiger partial charge on any atom is -0.411 e. The number of ether oxygens (including phenoxy) is 4. The zero-order valence-corrected chi connectivity index (χ0v) is 27.4. The molecule has 2 aromatic carbocycles. The van der Waals surface area contributed by atoms with Gasteiger partial charge in [0.15, 0.2) is 8.32 Å². The zero-order chi connectivity index (χ0) is 29.7. The van der Waals surface area contributed by atoms with E-state index >= 15 is 0 Å². The maximum atomic E-state index is 7.03. The molecule has 2 aromatic rings. The first kappa shape index (κ1) is 32.1. The van der Waals surface area contributed by atoms with Gasteiger partial charge in [0, 0.05) is 19.4 Å². The van der Waals surface area contributed by atoms with Gasteiger partial charge in [-0.15, -0.1) is 6.58 Å². The molecule has 226 valence electrons. The number of fused-ring (bicyclic) bond motifs is 1. The van der Waals surface area contributed by atoms with Crippen LogP contribution < -0.4 is 0 Å². The summed E-state index contributed by atoms with van der Waals surface area (Å²) in [5, 5.41) is 0.0901. The first-order valence-corrected chi connectivity index (χ1v) is 18.2. The van der Waals surface area contributed by atoms with Crippen molar-refractivity contribution in [2.75, 3.05) is 6.61 Å². The SMILES string of the molecule is C=C[C@@]1(C)O[C@@]2(C)[C@@H](OCc3ccccc3)C[C@H](CCCOCc3ccccc3)O[C@@H]2CC1O[Si](C)(C)C(C)(C)C. The van der Waals surface area contributed by atoms with E-state index in [0.29, 0.717) is 19.8 Å². The predicted molar refractivity (Wildman–Crippen MR) is 168 cm³/mol. The summed E-state index contributed by atoms with van der Waals surface area (Å²) in [6.07, 6.45) is 4.97. The molecule has 2 fully saturated rings. The van der Waals surface area contributed by atoms with Crippen LogP contribution in [0.3, 0.4) is 0 Å². The van der Waals surface area contributed by atoms with Gasteiger partial charge in [0.2, 0.25) is 0 Å². The summed E-state index contributed by atoms with van der Waals surface area (Å²) in [6, 6.07) is 20.7. The van der Waals surface area contributed by atoms with Crippen molar-refractivity contribution < 1.29 is 23.4 Å². The van der Waals surface area contributed by atoms with Crippen LogP contribution in [0.4, 0.5) is 0 Å². The third-order valence-corrected chi connectivity index (χ3v) is 14.0. The molecule has 0 radical (unpaired) electrons. The lowest BCUT2D eigenvalue weighted by Crippen LogP contribution is -2.69. The molecular weight excluding hydrogens is 528 g/mol. The maximum Gasteiger partial charge on any atom is 0.192 e. The van der Waals surface area contributed by atoms with E-state index in [0.717, 1.165) is 31.2 Å². The fraction of sp³-hybridized carbons (Fsp3) is 0.600. The third-order valence-electron chi connectivity index (χ3n) is 9.49. The maximum absolute atomic E-state index is 7.03. The summed E-state index contributed by atoms with van der Waals surface area (Å²) in [7, 11) is -2.06. The van der Waals surface area contributed by atoms with Crippen LogP contribution in [0.25, 0.3) is 0 Å². The Morgan fingerprint density at radius 3 is 2.12 bits per heavy atom. The Bertz CT molecular complexity index is 1100. The first-order valence-electron chi connectivity index (χ1n) is 15.3. The molecule has 0 aliphatic carbocycles. The largest absolute Gasteiger partial charge is 0.411 e. The Kier molecular flexibility index (Phi) is 10.4. The summed E-state index contributed by atoms with van der Waals surface area (Å²) >= 11 is 0. The van der Waals surface area contributed by atoms with Crippen LogP contribution in [-0.4, -0.2) is 50.5 Å². The Hall–Kier alpha value is -1.80. The second kappa shape index (κ2) is 13.2. The molecule has 0 saturated carbocycles. The smallest absolute Gasteiger partial charge is 0.192 e. The van der Waals surface area contributed by atoms with Gasteiger partial charge in [-0.2, -0.15) is 0 Å². The number of benzene rings is 2. The fourth-order valence-electron chi connectivity index (χ4n) is 5.73. The van der Waals surface area contributed by atoms with Crippen LogP contribution in [0.5, 0.6) is 0 Å². The Balaban J connectivity index is 1.48. The van der Waals surface area contributed by atoms with E-state index < -0.39 is 19.5 Å². The van der Waals surface area contributed by atoms with Crippen LogP contribution >= 0.6 is 0 Å². The third kappa shape index (κ3) is 7.78. The lowest BCUT2D eigenvalue weighted by atomic mass is 9.76. The molecule has 2 saturated heterocycles. The van der Waals surface area contributed by atoms with Crippen molar-refractivity contribution in [3.8, 4) is 0 Å². The van der Waals surface area contributed by atoms with E-state index in [2.05, 4.69) is 90.7 Å². The molecule has 2 aliphatic rings. The molecule has 2 heterocycles. The molecule has 0 N–H and O–H groups in total. The van der Waals surface area contributed by atoms with Gasteiger partial charge in [-0.3, -0.25) is 0 Å². The summed E-state index contributed by atoms with van der Waals surface area (Å²) < 4.78 is 33.5. The highest BCUT2D eigenvalue weighted by Crippen LogP contribution is 2.49. The van der Waals surface area contributed by atoms with E-state index in [1.165, 1.54) is 5.56 Å². The molecule has 0 aromatic heterocycles. The molecule has 6 heteroatoms. The van der Waals surface area contributed by atoms with Crippen molar-refractivity contribution in [2.45, 2.75) is 127 Å². The first-order chi connectivity index (χ1) is 19.4. The fourth-order valence-corrected chi connectivity index (χ4v) is 7.13. The lowest BCUT2D eigenvalue weighted by Gasteiger charge is -2.59. The van der Waals surface area contributed by atoms with Crippen molar-refractivity contribution >= 4 is 8.32 Å². The summed E-state index contributed by atoms with van der Waals surface area (Å²) in [6.45, 7) is 21.8. The van der Waals surface area contributed by atoms with Crippen LogP contribution in [0.15, 0.2) is 73.3 Å². The van der Waals surface area contributed by atoms with Crippen LogP contribution in [0.1, 0.15) is 71.4 Å². The number of hydrogen-bond donors (Lipinski definition) is 0. The van der Waals surface area contributed by atoms with E-state index in [1.54, 1.807) is 0 Å². The summed E-state index contributed by atoms with van der Waals surface area (Å²) in [5.41, 5.74) is 1.09. The monoisotopic (exact) mass is 580 g/mol. The molecule has 1 unspecified atom stereocenters. The molecule has 6 atom stereocenters. The van der Waals surface area contributed by atoms with Gasteiger partial charge in [0.1, 0.15) is 11.2 Å². The van der Waals surface area contributed by atoms with Gasteiger partial charge in [-0.1, -0.05) is 87.5 Å². The van der Waals surface area contributed by atoms with E-state index in [4.69, 9.17) is 23.4 Å². The van der Waals surface area contributed by atoms with E-state index in [9.17, 15) is 0 Å². The molecule has 0 bridgehead atoms. The molecule has 41 heavy (non-hydrogen) atoms. The van der Waals surface area contributed by atoms with Crippen LogP contribution in [0, 0.1) is 0 Å². The topological polar surface area (TPSA) is 46.2 Å². The van der Waals surface area contributed by atoms with Crippen molar-refractivity contribution in [3.05, 3.63) is 84.4 Å². The van der Waals surface area contributed by atoms with Crippen LogP contribution in [0.2, 0.25) is 18.1 Å². The highest BCUT2D eigenvalue weighted by Gasteiger charge is 2.59. The molecule has 0 spiro atoms. The Morgan fingerprint density at radius 2 is 1.54 bits per heavy atom. The van der Waals surface area contributed by atoms with Crippen LogP contribution in [-0.2, 0) is 36.6 Å². The molecule has 4 rings (SSSR count). The highest BCUT2D eigenvalue weighted by molar-refractivity contribution is 6.74. The minimum absolute atomic E-state index is 0.0689. The van der Waals surface area contributed by atoms with E-state index in [1.807, 2.05) is 30.3 Å². The quantitative estimate of drug-likeness (QED) is 0.144. The lowest BCUT2D eigenvalue weighted by molar-refractivity contribution is -0.320. The van der Waals surface area contributed by atoms with Gasteiger partial charge in [-0.05, 0) is 55.9 Å². The Morgan fingerprint density at radius 1 is 0.927 bits per heavy atom. The zero-order valence-electron chi connectivity index (χ0n) is 26.4. The van der Waals surface area contributed by atoms with Gasteiger partial charge >= 0.3 is 0 Å². The number of rotatable bonds is 12. The van der Waals surface area contributed by atoms with Crippen molar-refractivity contribution in [2.24, 2.45) is 0 Å². The van der Waals surface area contributed by atoms with Gasteiger partial charge < -0.3 is 23.4 Å². The van der Waals surface area contributed by atoms with E-state index in [-0.39, 0.29) is 29.5 Å². The van der Waals surface area contributed by atoms with Crippen molar-refractivity contribution in [1.29, 1.82) is 0 Å². The summed E-state index contributed by atoms with van der Waals surface area (Å²) in [5.74, 6) is 0. The molecule has 2 aliphatic heterocycles. The molecular formula is C35H52O5Si. The van der Waals surface area contributed by atoms with Crippen molar-refractivity contribution in [1.82, 2.24) is 0 Å². The standard InChI is InChI=1S/C35H52O5Si/c1-9-34(5)30(39-41(7,8)33(2,3)4)24-32-35(6,40-34)31(37-26-28-19-14-11-15-20-28)23-29(38-32)21-16-22-36-25-27-17-12-10-13-18-27/h9-15,17-20,29-32H,1,16,21-26H2,2-8H3/t29-,30?,31-,32+,34+,35-/m0/s1. The van der Waals surface area contributed by atoms with Gasteiger partial charge in [-0.25, -0.2) is 0 Å². The Labute approximate surface area is 249 Å². The van der Waals surface area contributed by atoms with Crippen molar-refractivity contribution in [3.63, 3.8) is 0 Å². The van der Waals surface area contributed by atoms with Gasteiger partial charge in [0.05, 0.1) is 37.6 Å². The second-order valence-corrected chi connectivity index (χ2v) is 18.5. The normalized spacial score (nSPS) is 30.5. The summed E-state index contributed by atoms with van der Waals surface area (Å²) in [4.78, 5) is 0. The molecule has 5 nitrogen and oxygen atoms in total. The highest BCUT2D eigenvalue weighted by atomic mass is 28.4. The number of hydrogen-bond acceptors (Lipinski definition) is 5.